The maximum Gasteiger partial charge on any atom is 0.326 e. The van der Waals surface area contributed by atoms with Crippen molar-refractivity contribution in [2.75, 3.05) is 5.32 Å². The molecule has 14 heavy (non-hydrogen) atoms. The molecule has 2 rings (SSSR count). The van der Waals surface area contributed by atoms with Gasteiger partial charge in [-0.15, -0.1) is 0 Å². The van der Waals surface area contributed by atoms with Crippen LogP contribution in [0.5, 0.6) is 0 Å². The Hall–Kier alpha value is -1.55. The highest BCUT2D eigenvalue weighted by atomic mass is 16.4. The minimum Gasteiger partial charge on any atom is -0.480 e. The van der Waals surface area contributed by atoms with Gasteiger partial charge in [0, 0.05) is 17.7 Å². The van der Waals surface area contributed by atoms with Crippen molar-refractivity contribution in [3.8, 4) is 0 Å². The van der Waals surface area contributed by atoms with E-state index in [2.05, 4.69) is 5.32 Å². The molecule has 1 aromatic rings. The van der Waals surface area contributed by atoms with Gasteiger partial charge in [-0.2, -0.15) is 0 Å². The molecule has 1 aromatic carbocycles. The summed E-state index contributed by atoms with van der Waals surface area (Å²) >= 11 is 0. The molecule has 4 heteroatoms. The smallest absolute Gasteiger partial charge is 0.326 e. The first-order chi connectivity index (χ1) is 6.72. The topological polar surface area (TPSA) is 69.6 Å². The summed E-state index contributed by atoms with van der Waals surface area (Å²) in [6.45, 7) is -0.0670. The van der Waals surface area contributed by atoms with Gasteiger partial charge >= 0.3 is 5.97 Å². The monoisotopic (exact) mass is 193 g/mol. The minimum absolute atomic E-state index is 0.0670. The first kappa shape index (κ1) is 9.02. The number of para-hydroxylation sites is 1. The summed E-state index contributed by atoms with van der Waals surface area (Å²) in [5, 5.41) is 20.8. The van der Waals surface area contributed by atoms with E-state index >= 15 is 0 Å². The van der Waals surface area contributed by atoms with Crippen LogP contribution in [-0.2, 0) is 17.8 Å². The van der Waals surface area contributed by atoms with Crippen LogP contribution in [0.3, 0.4) is 0 Å². The number of carboxylic acid groups (broad SMARTS) is 1. The second-order valence-electron chi connectivity index (χ2n) is 3.35. The highest BCUT2D eigenvalue weighted by Gasteiger charge is 2.27. The maximum absolute atomic E-state index is 10.7. The van der Waals surface area contributed by atoms with Gasteiger partial charge in [0.1, 0.15) is 6.04 Å². The van der Waals surface area contributed by atoms with Crippen LogP contribution >= 0.6 is 0 Å². The quantitative estimate of drug-likeness (QED) is 0.643. The van der Waals surface area contributed by atoms with Crippen LogP contribution in [0.1, 0.15) is 11.1 Å². The minimum atomic E-state index is -0.856. The maximum atomic E-state index is 10.7. The Balaban J connectivity index is 2.34. The number of fused-ring (bicyclic) bond motifs is 1. The van der Waals surface area contributed by atoms with Crippen molar-refractivity contribution >= 4 is 11.7 Å². The number of carbonyl (C=O) groups is 1. The van der Waals surface area contributed by atoms with Crippen LogP contribution in [0, 0.1) is 0 Å². The Morgan fingerprint density at radius 3 is 3.00 bits per heavy atom. The van der Waals surface area contributed by atoms with Gasteiger partial charge in [0.25, 0.3) is 0 Å². The van der Waals surface area contributed by atoms with Crippen molar-refractivity contribution in [2.24, 2.45) is 0 Å². The molecule has 0 saturated heterocycles. The van der Waals surface area contributed by atoms with Crippen LogP contribution in [-0.4, -0.2) is 22.2 Å². The normalized spacial score (nSPS) is 18.8. The number of hydrogen-bond acceptors (Lipinski definition) is 3. The summed E-state index contributed by atoms with van der Waals surface area (Å²) in [6, 6.07) is 4.94. The predicted molar refractivity (Wildman–Crippen MR) is 51.1 cm³/mol. The summed E-state index contributed by atoms with van der Waals surface area (Å²) in [7, 11) is 0. The number of aliphatic hydroxyl groups is 1. The zero-order valence-corrected chi connectivity index (χ0v) is 7.53. The van der Waals surface area contributed by atoms with Gasteiger partial charge in [-0.25, -0.2) is 4.79 Å². The molecule has 1 aliphatic heterocycles. The van der Waals surface area contributed by atoms with Gasteiger partial charge in [0.15, 0.2) is 0 Å². The third-order valence-electron chi connectivity index (χ3n) is 2.45. The third kappa shape index (κ3) is 1.33. The fraction of sp³-hybridized carbons (Fsp3) is 0.300. The molecule has 0 aliphatic carbocycles. The third-order valence-corrected chi connectivity index (χ3v) is 2.45. The first-order valence-corrected chi connectivity index (χ1v) is 4.43. The molecular weight excluding hydrogens is 182 g/mol. The van der Waals surface area contributed by atoms with Crippen molar-refractivity contribution in [1.82, 2.24) is 0 Å². The Morgan fingerprint density at radius 2 is 2.36 bits per heavy atom. The molecule has 0 amide bonds. The number of aliphatic carboxylic acids is 1. The summed E-state index contributed by atoms with van der Waals surface area (Å²) < 4.78 is 0. The summed E-state index contributed by atoms with van der Waals surface area (Å²) in [4.78, 5) is 10.7. The lowest BCUT2D eigenvalue weighted by Crippen LogP contribution is -2.26. The number of carboxylic acids is 1. The van der Waals surface area contributed by atoms with Crippen molar-refractivity contribution in [3.05, 3.63) is 29.3 Å². The molecule has 1 aliphatic rings. The number of nitrogens with one attached hydrogen (secondary N) is 1. The van der Waals surface area contributed by atoms with Crippen molar-refractivity contribution < 1.29 is 15.0 Å². The van der Waals surface area contributed by atoms with Crippen molar-refractivity contribution in [2.45, 2.75) is 19.1 Å². The van der Waals surface area contributed by atoms with E-state index in [0.29, 0.717) is 6.42 Å². The predicted octanol–water partition coefficient (Wildman–Crippen LogP) is 0.600. The second kappa shape index (κ2) is 3.31. The van der Waals surface area contributed by atoms with Crippen molar-refractivity contribution in [1.29, 1.82) is 0 Å². The Morgan fingerprint density at radius 1 is 1.57 bits per heavy atom. The van der Waals surface area contributed by atoms with Crippen LogP contribution in [0.25, 0.3) is 0 Å². The molecule has 0 spiro atoms. The Labute approximate surface area is 81.2 Å². The summed E-state index contributed by atoms with van der Waals surface area (Å²) in [5.74, 6) is -0.856. The molecule has 1 heterocycles. The van der Waals surface area contributed by atoms with E-state index in [1.807, 2.05) is 12.1 Å². The molecule has 0 aromatic heterocycles. The van der Waals surface area contributed by atoms with Crippen LogP contribution < -0.4 is 5.32 Å². The highest BCUT2D eigenvalue weighted by molar-refractivity contribution is 5.82. The molecule has 4 nitrogen and oxygen atoms in total. The number of aliphatic hydroxyl groups excluding tert-OH is 1. The first-order valence-electron chi connectivity index (χ1n) is 4.43. The zero-order valence-electron chi connectivity index (χ0n) is 7.53. The van der Waals surface area contributed by atoms with Gasteiger partial charge in [-0.05, 0) is 5.56 Å². The average Bonchev–Trinajstić information content (AvgIpc) is 2.60. The SMILES string of the molecule is O=C(O)C1Cc2cccc(CO)c2N1. The van der Waals surface area contributed by atoms with Gasteiger partial charge < -0.3 is 15.5 Å². The van der Waals surface area contributed by atoms with Gasteiger partial charge in [0.05, 0.1) is 6.61 Å². The molecule has 1 unspecified atom stereocenters. The number of anilines is 1. The highest BCUT2D eigenvalue weighted by Crippen LogP contribution is 2.29. The molecule has 0 bridgehead atoms. The fourth-order valence-electron chi connectivity index (χ4n) is 1.73. The van der Waals surface area contributed by atoms with E-state index < -0.39 is 12.0 Å². The molecule has 74 valence electrons. The molecule has 1 atom stereocenters. The number of benzene rings is 1. The molecule has 0 fully saturated rings. The largest absolute Gasteiger partial charge is 0.480 e. The van der Waals surface area contributed by atoms with Gasteiger partial charge in [0.2, 0.25) is 0 Å². The number of hydrogen-bond donors (Lipinski definition) is 3. The van der Waals surface area contributed by atoms with Crippen LogP contribution in [0.2, 0.25) is 0 Å². The van der Waals surface area contributed by atoms with E-state index in [9.17, 15) is 4.79 Å². The van der Waals surface area contributed by atoms with E-state index in [1.165, 1.54) is 0 Å². The van der Waals surface area contributed by atoms with Crippen LogP contribution in [0.4, 0.5) is 5.69 Å². The van der Waals surface area contributed by atoms with Crippen molar-refractivity contribution in [3.63, 3.8) is 0 Å². The lowest BCUT2D eigenvalue weighted by Gasteiger charge is -2.07. The van der Waals surface area contributed by atoms with Gasteiger partial charge in [-0.1, -0.05) is 18.2 Å². The van der Waals surface area contributed by atoms with E-state index in [0.717, 1.165) is 16.8 Å². The van der Waals surface area contributed by atoms with E-state index in [4.69, 9.17) is 10.2 Å². The Kier molecular flexibility index (Phi) is 2.13. The lowest BCUT2D eigenvalue weighted by molar-refractivity contribution is -0.137. The molecule has 3 N–H and O–H groups in total. The summed E-state index contributed by atoms with van der Waals surface area (Å²) in [5.41, 5.74) is 2.50. The molecule has 0 saturated carbocycles. The Bertz CT molecular complexity index is 376. The summed E-state index contributed by atoms with van der Waals surface area (Å²) in [6.07, 6.45) is 0.485. The zero-order chi connectivity index (χ0) is 10.1. The fourth-order valence-corrected chi connectivity index (χ4v) is 1.73. The average molecular weight is 193 g/mol. The lowest BCUT2D eigenvalue weighted by atomic mass is 10.1. The van der Waals surface area contributed by atoms with Gasteiger partial charge in [-0.3, -0.25) is 0 Å². The van der Waals surface area contributed by atoms with E-state index in [1.54, 1.807) is 6.07 Å². The van der Waals surface area contributed by atoms with Crippen LogP contribution in [0.15, 0.2) is 18.2 Å². The molecular formula is C10H11NO3. The standard InChI is InChI=1S/C10H11NO3/c12-5-7-3-1-2-6-4-8(10(13)14)11-9(6)7/h1-3,8,11-12H,4-5H2,(H,13,14). The van der Waals surface area contributed by atoms with E-state index in [-0.39, 0.29) is 6.61 Å². The number of rotatable bonds is 2. The molecule has 0 radical (unpaired) electrons. The second-order valence-corrected chi connectivity index (χ2v) is 3.35.